The summed E-state index contributed by atoms with van der Waals surface area (Å²) in [5, 5.41) is 0.246. The van der Waals surface area contributed by atoms with Gasteiger partial charge in [0.1, 0.15) is 4.60 Å². The molecule has 0 amide bonds. The lowest BCUT2D eigenvalue weighted by Gasteiger charge is -2.36. The Hall–Kier alpha value is -0.193. The second kappa shape index (κ2) is 5.20. The van der Waals surface area contributed by atoms with Crippen LogP contribution in [0.4, 0.5) is 0 Å². The number of rotatable bonds is 3. The van der Waals surface area contributed by atoms with E-state index in [2.05, 4.69) is 61.7 Å². The van der Waals surface area contributed by atoms with E-state index in [1.165, 1.54) is 5.56 Å². The summed E-state index contributed by atoms with van der Waals surface area (Å²) in [6.07, 6.45) is 1.81. The van der Waals surface area contributed by atoms with Crippen LogP contribution in [-0.4, -0.2) is 13.3 Å². The zero-order chi connectivity index (χ0) is 13.3. The van der Waals surface area contributed by atoms with Gasteiger partial charge in [-0.2, -0.15) is 0 Å². The summed E-state index contributed by atoms with van der Waals surface area (Å²) in [6.45, 7) is 14.0. The van der Waals surface area contributed by atoms with Crippen LogP contribution in [0.15, 0.2) is 16.9 Å². The Labute approximate surface area is 114 Å². The lowest BCUT2D eigenvalue weighted by molar-refractivity contribution is 0.274. The second-order valence-electron chi connectivity index (χ2n) is 5.95. The van der Waals surface area contributed by atoms with Crippen molar-refractivity contribution in [2.75, 3.05) is 0 Å². The van der Waals surface area contributed by atoms with E-state index in [9.17, 15) is 0 Å². The largest absolute Gasteiger partial charge is 0.412 e. The van der Waals surface area contributed by atoms with Crippen molar-refractivity contribution in [3.05, 3.63) is 28.0 Å². The van der Waals surface area contributed by atoms with Crippen LogP contribution >= 0.6 is 15.9 Å². The number of aromatic nitrogens is 1. The lowest BCUT2D eigenvalue weighted by atomic mass is 10.2. The standard InChI is InChI=1S/C13H22BrNOSi/c1-10-7-8-15-12(14)11(10)9-16-17(5,6)13(2,3)4/h7-8H,9H2,1-6H3. The molecule has 0 saturated heterocycles. The van der Waals surface area contributed by atoms with Gasteiger partial charge in [0.25, 0.3) is 0 Å². The highest BCUT2D eigenvalue weighted by molar-refractivity contribution is 9.10. The fraction of sp³-hybridized carbons (Fsp3) is 0.615. The van der Waals surface area contributed by atoms with E-state index < -0.39 is 8.32 Å². The minimum Gasteiger partial charge on any atom is -0.412 e. The van der Waals surface area contributed by atoms with Crippen molar-refractivity contribution in [2.45, 2.75) is 52.4 Å². The van der Waals surface area contributed by atoms with E-state index in [0.29, 0.717) is 6.61 Å². The summed E-state index contributed by atoms with van der Waals surface area (Å²) < 4.78 is 7.11. The molecule has 4 heteroatoms. The average Bonchev–Trinajstić information content (AvgIpc) is 2.15. The number of hydrogen-bond acceptors (Lipinski definition) is 2. The first-order chi connectivity index (χ1) is 7.65. The van der Waals surface area contributed by atoms with E-state index in [-0.39, 0.29) is 5.04 Å². The summed E-state index contributed by atoms with van der Waals surface area (Å²) in [5.41, 5.74) is 2.39. The molecule has 1 rings (SSSR count). The lowest BCUT2D eigenvalue weighted by Crippen LogP contribution is -2.40. The monoisotopic (exact) mass is 315 g/mol. The first-order valence-corrected chi connectivity index (χ1v) is 9.59. The predicted molar refractivity (Wildman–Crippen MR) is 78.7 cm³/mol. The quantitative estimate of drug-likeness (QED) is 0.597. The number of halogens is 1. The maximum atomic E-state index is 6.21. The summed E-state index contributed by atoms with van der Waals surface area (Å²) in [6, 6.07) is 2.02. The average molecular weight is 316 g/mol. The third kappa shape index (κ3) is 3.63. The van der Waals surface area contributed by atoms with Crippen molar-refractivity contribution in [3.8, 4) is 0 Å². The molecule has 1 aromatic heterocycles. The third-order valence-corrected chi connectivity index (χ3v) is 8.78. The molecule has 96 valence electrons. The Kier molecular flexibility index (Phi) is 4.55. The van der Waals surface area contributed by atoms with Crippen molar-refractivity contribution in [2.24, 2.45) is 0 Å². The fourth-order valence-electron chi connectivity index (χ4n) is 1.20. The minimum absolute atomic E-state index is 0.246. The zero-order valence-corrected chi connectivity index (χ0v) is 14.2. The van der Waals surface area contributed by atoms with Gasteiger partial charge in [-0.05, 0) is 52.6 Å². The van der Waals surface area contributed by atoms with Crippen molar-refractivity contribution < 1.29 is 4.43 Å². The van der Waals surface area contributed by atoms with Crippen molar-refractivity contribution >= 4 is 24.2 Å². The van der Waals surface area contributed by atoms with Gasteiger partial charge < -0.3 is 4.43 Å². The third-order valence-electron chi connectivity index (χ3n) is 3.62. The highest BCUT2D eigenvalue weighted by Gasteiger charge is 2.37. The maximum Gasteiger partial charge on any atom is 0.192 e. The van der Waals surface area contributed by atoms with Crippen molar-refractivity contribution in [1.82, 2.24) is 4.98 Å². The van der Waals surface area contributed by atoms with Gasteiger partial charge in [0.2, 0.25) is 0 Å². The number of hydrogen-bond donors (Lipinski definition) is 0. The van der Waals surface area contributed by atoms with Gasteiger partial charge in [-0.1, -0.05) is 20.8 Å². The van der Waals surface area contributed by atoms with E-state index >= 15 is 0 Å². The molecule has 2 nitrogen and oxygen atoms in total. The Balaban J connectivity index is 2.81. The van der Waals surface area contributed by atoms with Crippen LogP contribution in [0.3, 0.4) is 0 Å². The molecular weight excluding hydrogens is 294 g/mol. The molecule has 0 unspecified atom stereocenters. The first kappa shape index (κ1) is 14.9. The number of aryl methyl sites for hydroxylation is 1. The van der Waals surface area contributed by atoms with Gasteiger partial charge in [-0.15, -0.1) is 0 Å². The molecule has 0 N–H and O–H groups in total. The van der Waals surface area contributed by atoms with Crippen molar-refractivity contribution in [1.29, 1.82) is 0 Å². The molecule has 0 aromatic carbocycles. The Bertz CT molecular complexity index is 379. The summed E-state index contributed by atoms with van der Waals surface area (Å²) in [7, 11) is -1.68. The van der Waals surface area contributed by atoms with Gasteiger partial charge in [0.15, 0.2) is 8.32 Å². The van der Waals surface area contributed by atoms with Crippen molar-refractivity contribution in [3.63, 3.8) is 0 Å². The molecule has 0 aliphatic carbocycles. The van der Waals surface area contributed by atoms with E-state index in [0.717, 1.165) is 10.2 Å². The van der Waals surface area contributed by atoms with Gasteiger partial charge >= 0.3 is 0 Å². The van der Waals surface area contributed by atoms with E-state index in [4.69, 9.17) is 4.43 Å². The first-order valence-electron chi connectivity index (χ1n) is 5.89. The smallest absolute Gasteiger partial charge is 0.192 e. The van der Waals surface area contributed by atoms with E-state index in [1.807, 2.05) is 12.3 Å². The van der Waals surface area contributed by atoms with Crippen LogP contribution in [0.2, 0.25) is 18.1 Å². The Morgan fingerprint density at radius 1 is 1.35 bits per heavy atom. The van der Waals surface area contributed by atoms with Crippen LogP contribution in [-0.2, 0) is 11.0 Å². The number of pyridine rings is 1. The van der Waals surface area contributed by atoms with Gasteiger partial charge in [0.05, 0.1) is 6.61 Å². The fourth-order valence-corrected chi connectivity index (χ4v) is 2.68. The molecule has 0 atom stereocenters. The van der Waals surface area contributed by atoms with Gasteiger partial charge in [0, 0.05) is 11.8 Å². The maximum absolute atomic E-state index is 6.21. The molecular formula is C13H22BrNOSi. The molecule has 0 saturated carbocycles. The summed E-state index contributed by atoms with van der Waals surface area (Å²) >= 11 is 3.49. The molecule has 17 heavy (non-hydrogen) atoms. The topological polar surface area (TPSA) is 22.1 Å². The van der Waals surface area contributed by atoms with Crippen LogP contribution in [0, 0.1) is 6.92 Å². The highest BCUT2D eigenvalue weighted by Crippen LogP contribution is 2.37. The zero-order valence-electron chi connectivity index (χ0n) is 11.6. The molecule has 0 radical (unpaired) electrons. The minimum atomic E-state index is -1.68. The molecule has 1 aromatic rings. The molecule has 0 spiro atoms. The Morgan fingerprint density at radius 3 is 2.41 bits per heavy atom. The van der Waals surface area contributed by atoms with Gasteiger partial charge in [-0.25, -0.2) is 4.98 Å². The molecule has 0 fully saturated rings. The van der Waals surface area contributed by atoms with Crippen LogP contribution < -0.4 is 0 Å². The molecule has 1 heterocycles. The molecule has 0 aliphatic heterocycles. The Morgan fingerprint density at radius 2 is 1.94 bits per heavy atom. The van der Waals surface area contributed by atoms with Crippen LogP contribution in [0.5, 0.6) is 0 Å². The second-order valence-corrected chi connectivity index (χ2v) is 11.5. The predicted octanol–water partition coefficient (Wildman–Crippen LogP) is 4.67. The molecule has 0 bridgehead atoms. The van der Waals surface area contributed by atoms with Crippen LogP contribution in [0.25, 0.3) is 0 Å². The summed E-state index contributed by atoms with van der Waals surface area (Å²) in [5.74, 6) is 0. The SMILES string of the molecule is Cc1ccnc(Br)c1CO[Si](C)(C)C(C)(C)C. The van der Waals surface area contributed by atoms with Gasteiger partial charge in [-0.3, -0.25) is 0 Å². The number of nitrogens with zero attached hydrogens (tertiary/aromatic N) is 1. The van der Waals surface area contributed by atoms with Crippen LogP contribution in [0.1, 0.15) is 31.9 Å². The highest BCUT2D eigenvalue weighted by atomic mass is 79.9. The normalized spacial score (nSPS) is 12.9. The molecule has 0 aliphatic rings. The van der Waals surface area contributed by atoms with E-state index in [1.54, 1.807) is 0 Å². The summed E-state index contributed by atoms with van der Waals surface area (Å²) in [4.78, 5) is 4.25.